The van der Waals surface area contributed by atoms with Gasteiger partial charge in [0.15, 0.2) is 11.5 Å². The molecule has 1 aromatic heterocycles. The maximum Gasteiger partial charge on any atom is 0.271 e. The van der Waals surface area contributed by atoms with E-state index in [0.717, 1.165) is 15.6 Å². The molecule has 6 nitrogen and oxygen atoms in total. The van der Waals surface area contributed by atoms with Crippen LogP contribution >= 0.6 is 15.9 Å². The molecule has 0 fully saturated rings. The zero-order chi connectivity index (χ0) is 20.5. The number of amides is 1. The average molecular weight is 454 g/mol. The summed E-state index contributed by atoms with van der Waals surface area (Å²) < 4.78 is 12.6. The molecule has 0 atom stereocenters. The Morgan fingerprint density at radius 2 is 1.83 bits per heavy atom. The first kappa shape index (κ1) is 20.5. The summed E-state index contributed by atoms with van der Waals surface area (Å²) in [5, 5.41) is 4.00. The molecule has 0 saturated heterocycles. The Labute approximate surface area is 177 Å². The summed E-state index contributed by atoms with van der Waals surface area (Å²) in [6.07, 6.45) is 4.67. The van der Waals surface area contributed by atoms with Crippen LogP contribution in [0.5, 0.6) is 11.5 Å². The van der Waals surface area contributed by atoms with Crippen LogP contribution in [0.4, 0.5) is 0 Å². The second-order valence-electron chi connectivity index (χ2n) is 5.99. The molecule has 0 radical (unpaired) electrons. The summed E-state index contributed by atoms with van der Waals surface area (Å²) in [5.41, 5.74) is 4.81. The van der Waals surface area contributed by atoms with Crippen LogP contribution in [0.25, 0.3) is 0 Å². The molecule has 1 heterocycles. The fraction of sp³-hybridized carbons (Fsp3) is 0.136. The highest BCUT2D eigenvalue weighted by atomic mass is 79.9. The second-order valence-corrected chi connectivity index (χ2v) is 6.91. The van der Waals surface area contributed by atoms with E-state index in [-0.39, 0.29) is 5.91 Å². The van der Waals surface area contributed by atoms with Crippen LogP contribution in [0.2, 0.25) is 0 Å². The van der Waals surface area contributed by atoms with Gasteiger partial charge in [-0.3, -0.25) is 9.78 Å². The normalized spacial score (nSPS) is 10.7. The van der Waals surface area contributed by atoms with Gasteiger partial charge in [-0.25, -0.2) is 5.43 Å². The van der Waals surface area contributed by atoms with Gasteiger partial charge in [-0.15, -0.1) is 0 Å². The Morgan fingerprint density at radius 1 is 1.07 bits per heavy atom. The van der Waals surface area contributed by atoms with Gasteiger partial charge in [-0.05, 0) is 60.5 Å². The number of benzene rings is 2. The van der Waals surface area contributed by atoms with Crippen LogP contribution in [0.15, 0.2) is 76.6 Å². The summed E-state index contributed by atoms with van der Waals surface area (Å²) in [4.78, 5) is 15.9. The third kappa shape index (κ3) is 6.15. The predicted molar refractivity (Wildman–Crippen MR) is 115 cm³/mol. The van der Waals surface area contributed by atoms with Crippen molar-refractivity contribution in [3.05, 3.63) is 88.2 Å². The van der Waals surface area contributed by atoms with E-state index in [4.69, 9.17) is 9.47 Å². The topological polar surface area (TPSA) is 72.8 Å². The lowest BCUT2D eigenvalue weighted by Gasteiger charge is -2.12. The van der Waals surface area contributed by atoms with Crippen LogP contribution in [-0.4, -0.2) is 23.7 Å². The molecule has 0 bridgehead atoms. The van der Waals surface area contributed by atoms with E-state index in [1.54, 1.807) is 30.7 Å². The van der Waals surface area contributed by atoms with Crippen LogP contribution < -0.4 is 14.9 Å². The van der Waals surface area contributed by atoms with Crippen molar-refractivity contribution in [1.29, 1.82) is 0 Å². The van der Waals surface area contributed by atoms with Crippen molar-refractivity contribution in [2.45, 2.75) is 13.5 Å². The van der Waals surface area contributed by atoms with Gasteiger partial charge in [0.05, 0.1) is 12.8 Å². The molecule has 0 aliphatic rings. The number of hydrogen-bond donors (Lipinski definition) is 1. The van der Waals surface area contributed by atoms with Crippen molar-refractivity contribution in [2.24, 2.45) is 5.10 Å². The Bertz CT molecular complexity index is 976. The third-order valence-corrected chi connectivity index (χ3v) is 4.43. The minimum absolute atomic E-state index is 0.303. The first-order valence-corrected chi connectivity index (χ1v) is 9.82. The number of ether oxygens (including phenoxy) is 2. The highest BCUT2D eigenvalue weighted by Crippen LogP contribution is 2.29. The fourth-order valence-corrected chi connectivity index (χ4v) is 2.73. The van der Waals surface area contributed by atoms with E-state index < -0.39 is 0 Å². The van der Waals surface area contributed by atoms with Gasteiger partial charge in [0.25, 0.3) is 5.91 Å². The van der Waals surface area contributed by atoms with E-state index in [9.17, 15) is 4.79 Å². The average Bonchev–Trinajstić information content (AvgIpc) is 2.75. The van der Waals surface area contributed by atoms with Crippen LogP contribution in [0, 0.1) is 0 Å². The molecule has 7 heteroatoms. The largest absolute Gasteiger partial charge is 0.490 e. The van der Waals surface area contributed by atoms with E-state index in [1.165, 1.54) is 0 Å². The maximum atomic E-state index is 12.0. The fourth-order valence-electron chi connectivity index (χ4n) is 2.47. The van der Waals surface area contributed by atoms with Crippen molar-refractivity contribution >= 4 is 28.1 Å². The molecule has 2 aromatic carbocycles. The monoisotopic (exact) mass is 453 g/mol. The van der Waals surface area contributed by atoms with Gasteiger partial charge in [-0.2, -0.15) is 5.10 Å². The number of halogens is 1. The Morgan fingerprint density at radius 3 is 2.55 bits per heavy atom. The summed E-state index contributed by atoms with van der Waals surface area (Å²) in [6.45, 7) is 2.85. The number of hydrazone groups is 1. The number of hydrogen-bond acceptors (Lipinski definition) is 5. The molecule has 3 rings (SSSR count). The van der Waals surface area contributed by atoms with Gasteiger partial charge in [-0.1, -0.05) is 28.1 Å². The first-order chi connectivity index (χ1) is 14.2. The number of nitrogens with one attached hydrogen (secondary N) is 1. The van der Waals surface area contributed by atoms with E-state index in [2.05, 4.69) is 31.4 Å². The number of rotatable bonds is 8. The number of carbonyl (C=O) groups is 1. The molecule has 0 aliphatic carbocycles. The Hall–Kier alpha value is -3.19. The summed E-state index contributed by atoms with van der Waals surface area (Å²) in [6, 6.07) is 16.7. The van der Waals surface area contributed by atoms with Crippen LogP contribution in [0.3, 0.4) is 0 Å². The lowest BCUT2D eigenvalue weighted by molar-refractivity contribution is 0.0955. The number of pyridine rings is 1. The quantitative estimate of drug-likeness (QED) is 0.399. The zero-order valence-electron chi connectivity index (χ0n) is 15.8. The molecule has 0 unspecified atom stereocenters. The molecule has 0 spiro atoms. The minimum atomic E-state index is -0.303. The molecule has 29 heavy (non-hydrogen) atoms. The van der Waals surface area contributed by atoms with Crippen molar-refractivity contribution in [3.8, 4) is 11.5 Å². The molecule has 1 N–H and O–H groups in total. The molecule has 1 amide bonds. The molecule has 0 saturated carbocycles. The lowest BCUT2D eigenvalue weighted by Crippen LogP contribution is -2.17. The standard InChI is InChI=1S/C22H20BrN3O3/c1-2-28-21-13-17(14-25-26-22(27)18-9-11-24-12-10-18)5-8-20(21)29-15-16-3-6-19(23)7-4-16/h3-14H,2,15H2,1H3,(H,26,27)/b25-14+. The Kier molecular flexibility index (Phi) is 7.35. The number of carbonyl (C=O) groups excluding carboxylic acids is 1. The molecular formula is C22H20BrN3O3. The summed E-state index contributed by atoms with van der Waals surface area (Å²) >= 11 is 3.42. The SMILES string of the molecule is CCOc1cc(/C=N/NC(=O)c2ccncc2)ccc1OCc1ccc(Br)cc1. The smallest absolute Gasteiger partial charge is 0.271 e. The number of nitrogens with zero attached hydrogens (tertiary/aromatic N) is 2. The highest BCUT2D eigenvalue weighted by Gasteiger charge is 2.07. The molecule has 3 aromatic rings. The van der Waals surface area contributed by atoms with E-state index >= 15 is 0 Å². The van der Waals surface area contributed by atoms with Crippen molar-refractivity contribution in [3.63, 3.8) is 0 Å². The van der Waals surface area contributed by atoms with Crippen LogP contribution in [0.1, 0.15) is 28.4 Å². The minimum Gasteiger partial charge on any atom is -0.490 e. The number of aromatic nitrogens is 1. The van der Waals surface area contributed by atoms with Crippen molar-refractivity contribution in [1.82, 2.24) is 10.4 Å². The van der Waals surface area contributed by atoms with Gasteiger partial charge in [0, 0.05) is 22.4 Å². The van der Waals surface area contributed by atoms with Crippen LogP contribution in [-0.2, 0) is 6.61 Å². The zero-order valence-corrected chi connectivity index (χ0v) is 17.4. The van der Waals surface area contributed by atoms with Gasteiger partial charge < -0.3 is 9.47 Å². The van der Waals surface area contributed by atoms with Crippen molar-refractivity contribution in [2.75, 3.05) is 6.61 Å². The Balaban J connectivity index is 1.65. The molecular weight excluding hydrogens is 434 g/mol. The third-order valence-electron chi connectivity index (χ3n) is 3.90. The predicted octanol–water partition coefficient (Wildman–Crippen LogP) is 4.59. The first-order valence-electron chi connectivity index (χ1n) is 9.03. The van der Waals surface area contributed by atoms with Gasteiger partial charge in [0.2, 0.25) is 0 Å². The van der Waals surface area contributed by atoms with Crippen molar-refractivity contribution < 1.29 is 14.3 Å². The van der Waals surface area contributed by atoms with Gasteiger partial charge in [0.1, 0.15) is 6.61 Å². The maximum absolute atomic E-state index is 12.0. The summed E-state index contributed by atoms with van der Waals surface area (Å²) in [7, 11) is 0. The summed E-state index contributed by atoms with van der Waals surface area (Å²) in [5.74, 6) is 0.963. The molecule has 148 valence electrons. The van der Waals surface area contributed by atoms with Gasteiger partial charge >= 0.3 is 0 Å². The molecule has 0 aliphatic heterocycles. The highest BCUT2D eigenvalue weighted by molar-refractivity contribution is 9.10. The second kappa shape index (κ2) is 10.4. The van der Waals surface area contributed by atoms with E-state index in [1.807, 2.05) is 49.4 Å². The van der Waals surface area contributed by atoms with E-state index in [0.29, 0.717) is 30.3 Å². The lowest BCUT2D eigenvalue weighted by atomic mass is 10.2.